The molecular formula is C20H21N3O2. The number of aromatic nitrogens is 2. The molecular weight excluding hydrogens is 314 g/mol. The maximum atomic E-state index is 12.7. The van der Waals surface area contributed by atoms with Gasteiger partial charge in [-0.2, -0.15) is 5.10 Å². The summed E-state index contributed by atoms with van der Waals surface area (Å²) in [6, 6.07) is 17.0. The number of nitrogens with one attached hydrogen (secondary N) is 1. The fourth-order valence-corrected chi connectivity index (χ4v) is 2.59. The SMILES string of the molecule is CCOc1ccccc1C(=O)Nc1cc(C)nn1-c1ccc(C)cc1. The van der Waals surface area contributed by atoms with Gasteiger partial charge < -0.3 is 10.1 Å². The first-order chi connectivity index (χ1) is 12.1. The van der Waals surface area contributed by atoms with Crippen molar-refractivity contribution in [2.45, 2.75) is 20.8 Å². The first-order valence-corrected chi connectivity index (χ1v) is 8.25. The van der Waals surface area contributed by atoms with E-state index in [1.165, 1.54) is 5.56 Å². The molecule has 1 heterocycles. The molecule has 0 saturated heterocycles. The largest absolute Gasteiger partial charge is 0.493 e. The standard InChI is InChI=1S/C20H21N3O2/c1-4-25-18-8-6-5-7-17(18)20(24)21-19-13-15(3)22-23(19)16-11-9-14(2)10-12-16/h5-13H,4H2,1-3H3,(H,21,24). The van der Waals surface area contributed by atoms with Crippen LogP contribution in [0.15, 0.2) is 54.6 Å². The summed E-state index contributed by atoms with van der Waals surface area (Å²) in [6.45, 7) is 6.33. The molecule has 5 heteroatoms. The molecule has 1 N–H and O–H groups in total. The number of aryl methyl sites for hydroxylation is 2. The zero-order chi connectivity index (χ0) is 17.8. The van der Waals surface area contributed by atoms with Crippen molar-refractivity contribution in [2.75, 3.05) is 11.9 Å². The van der Waals surface area contributed by atoms with Gasteiger partial charge >= 0.3 is 0 Å². The number of anilines is 1. The Morgan fingerprint density at radius 3 is 2.56 bits per heavy atom. The molecule has 0 unspecified atom stereocenters. The van der Waals surface area contributed by atoms with Crippen LogP contribution in [0.2, 0.25) is 0 Å². The van der Waals surface area contributed by atoms with Crippen LogP contribution in [0.1, 0.15) is 28.5 Å². The summed E-state index contributed by atoms with van der Waals surface area (Å²) >= 11 is 0. The van der Waals surface area contributed by atoms with Crippen LogP contribution in [-0.4, -0.2) is 22.3 Å². The van der Waals surface area contributed by atoms with E-state index in [9.17, 15) is 4.79 Å². The van der Waals surface area contributed by atoms with Gasteiger partial charge in [-0.05, 0) is 45.0 Å². The molecule has 0 fully saturated rings. The molecule has 1 aromatic heterocycles. The lowest BCUT2D eigenvalue weighted by molar-refractivity contribution is 0.102. The Kier molecular flexibility index (Phi) is 4.84. The van der Waals surface area contributed by atoms with Crippen LogP contribution in [0.25, 0.3) is 5.69 Å². The lowest BCUT2D eigenvalue weighted by Crippen LogP contribution is -2.16. The number of benzene rings is 2. The predicted molar refractivity (Wildman–Crippen MR) is 98.6 cm³/mol. The summed E-state index contributed by atoms with van der Waals surface area (Å²) in [4.78, 5) is 12.7. The van der Waals surface area contributed by atoms with E-state index < -0.39 is 0 Å². The first-order valence-electron chi connectivity index (χ1n) is 8.25. The monoisotopic (exact) mass is 335 g/mol. The third-order valence-corrected chi connectivity index (χ3v) is 3.78. The highest BCUT2D eigenvalue weighted by molar-refractivity contribution is 6.05. The molecule has 128 valence electrons. The fourth-order valence-electron chi connectivity index (χ4n) is 2.59. The molecule has 0 aliphatic heterocycles. The van der Waals surface area contributed by atoms with Crippen LogP contribution >= 0.6 is 0 Å². The first kappa shape index (κ1) is 16.8. The normalized spacial score (nSPS) is 10.5. The van der Waals surface area contributed by atoms with Crippen molar-refractivity contribution in [1.82, 2.24) is 9.78 Å². The summed E-state index contributed by atoms with van der Waals surface area (Å²) < 4.78 is 7.28. The van der Waals surface area contributed by atoms with Gasteiger partial charge in [0.25, 0.3) is 5.91 Å². The van der Waals surface area contributed by atoms with E-state index in [-0.39, 0.29) is 5.91 Å². The van der Waals surface area contributed by atoms with Crippen LogP contribution in [0.3, 0.4) is 0 Å². The second kappa shape index (κ2) is 7.21. The Bertz CT molecular complexity index is 882. The van der Waals surface area contributed by atoms with Crippen molar-refractivity contribution >= 4 is 11.7 Å². The smallest absolute Gasteiger partial charge is 0.260 e. The fraction of sp³-hybridized carbons (Fsp3) is 0.200. The van der Waals surface area contributed by atoms with Crippen molar-refractivity contribution in [3.63, 3.8) is 0 Å². The van der Waals surface area contributed by atoms with Crippen LogP contribution in [0, 0.1) is 13.8 Å². The number of hydrogen-bond acceptors (Lipinski definition) is 3. The highest BCUT2D eigenvalue weighted by Gasteiger charge is 2.15. The third kappa shape index (κ3) is 3.71. The molecule has 0 bridgehead atoms. The van der Waals surface area contributed by atoms with Crippen LogP contribution in [-0.2, 0) is 0 Å². The predicted octanol–water partition coefficient (Wildman–Crippen LogP) is 4.14. The van der Waals surface area contributed by atoms with Gasteiger partial charge in [-0.1, -0.05) is 29.8 Å². The molecule has 0 atom stereocenters. The van der Waals surface area contributed by atoms with Crippen molar-refractivity contribution in [2.24, 2.45) is 0 Å². The summed E-state index contributed by atoms with van der Waals surface area (Å²) in [5.41, 5.74) is 3.39. The Morgan fingerprint density at radius 2 is 1.84 bits per heavy atom. The van der Waals surface area contributed by atoms with E-state index in [1.807, 2.05) is 63.2 Å². The molecule has 1 amide bonds. The second-order valence-corrected chi connectivity index (χ2v) is 5.80. The van der Waals surface area contributed by atoms with E-state index in [4.69, 9.17) is 4.74 Å². The Hall–Kier alpha value is -3.08. The summed E-state index contributed by atoms with van der Waals surface area (Å²) in [5.74, 6) is 0.968. The van der Waals surface area contributed by atoms with E-state index >= 15 is 0 Å². The lowest BCUT2D eigenvalue weighted by atomic mass is 10.2. The summed E-state index contributed by atoms with van der Waals surface area (Å²) in [5, 5.41) is 7.43. The molecule has 25 heavy (non-hydrogen) atoms. The minimum Gasteiger partial charge on any atom is -0.493 e. The van der Waals surface area contributed by atoms with Crippen LogP contribution in [0.4, 0.5) is 5.82 Å². The van der Waals surface area contributed by atoms with Crippen LogP contribution < -0.4 is 10.1 Å². The number of rotatable bonds is 5. The maximum Gasteiger partial charge on any atom is 0.260 e. The average molecular weight is 335 g/mol. The molecule has 0 spiro atoms. The Labute approximate surface area is 147 Å². The van der Waals surface area contributed by atoms with E-state index in [1.54, 1.807) is 16.8 Å². The van der Waals surface area contributed by atoms with Gasteiger partial charge in [0.1, 0.15) is 11.6 Å². The van der Waals surface area contributed by atoms with Crippen molar-refractivity contribution in [3.05, 3.63) is 71.4 Å². The molecule has 0 aliphatic rings. The number of amides is 1. The number of hydrogen-bond donors (Lipinski definition) is 1. The number of ether oxygens (including phenoxy) is 1. The van der Waals surface area contributed by atoms with Crippen molar-refractivity contribution in [1.29, 1.82) is 0 Å². The Balaban J connectivity index is 1.91. The number of carbonyl (C=O) groups excluding carboxylic acids is 1. The lowest BCUT2D eigenvalue weighted by Gasteiger charge is -2.12. The molecule has 3 aromatic rings. The molecule has 0 aliphatic carbocycles. The quantitative estimate of drug-likeness (QED) is 0.762. The molecule has 3 rings (SSSR count). The number of nitrogens with zero attached hydrogens (tertiary/aromatic N) is 2. The second-order valence-electron chi connectivity index (χ2n) is 5.80. The van der Waals surface area contributed by atoms with E-state index in [2.05, 4.69) is 10.4 Å². The van der Waals surface area contributed by atoms with Crippen molar-refractivity contribution in [3.8, 4) is 11.4 Å². The van der Waals surface area contributed by atoms with Gasteiger partial charge in [0.05, 0.1) is 23.6 Å². The molecule has 0 radical (unpaired) electrons. The van der Waals surface area contributed by atoms with Gasteiger partial charge in [-0.25, -0.2) is 4.68 Å². The van der Waals surface area contributed by atoms with E-state index in [0.29, 0.717) is 23.7 Å². The summed E-state index contributed by atoms with van der Waals surface area (Å²) in [7, 11) is 0. The van der Waals surface area contributed by atoms with Crippen molar-refractivity contribution < 1.29 is 9.53 Å². The highest BCUT2D eigenvalue weighted by atomic mass is 16.5. The molecule has 5 nitrogen and oxygen atoms in total. The Morgan fingerprint density at radius 1 is 1.12 bits per heavy atom. The topological polar surface area (TPSA) is 56.1 Å². The molecule has 0 saturated carbocycles. The van der Waals surface area contributed by atoms with E-state index in [0.717, 1.165) is 11.4 Å². The van der Waals surface area contributed by atoms with Gasteiger partial charge in [0, 0.05) is 6.07 Å². The number of carbonyl (C=O) groups is 1. The third-order valence-electron chi connectivity index (χ3n) is 3.78. The zero-order valence-corrected chi connectivity index (χ0v) is 14.6. The molecule has 2 aromatic carbocycles. The number of para-hydroxylation sites is 1. The van der Waals surface area contributed by atoms with Gasteiger partial charge in [0.15, 0.2) is 0 Å². The summed E-state index contributed by atoms with van der Waals surface area (Å²) in [6.07, 6.45) is 0. The van der Waals surface area contributed by atoms with Gasteiger partial charge in [0.2, 0.25) is 0 Å². The van der Waals surface area contributed by atoms with Crippen LogP contribution in [0.5, 0.6) is 5.75 Å². The zero-order valence-electron chi connectivity index (χ0n) is 14.6. The average Bonchev–Trinajstić information content (AvgIpc) is 2.96. The highest BCUT2D eigenvalue weighted by Crippen LogP contribution is 2.22. The minimum absolute atomic E-state index is 0.225. The minimum atomic E-state index is -0.225. The van der Waals surface area contributed by atoms with Gasteiger partial charge in [-0.15, -0.1) is 0 Å². The van der Waals surface area contributed by atoms with Gasteiger partial charge in [-0.3, -0.25) is 4.79 Å². The maximum absolute atomic E-state index is 12.7.